The van der Waals surface area contributed by atoms with Crippen LogP contribution in [0.2, 0.25) is 0 Å². The first-order chi connectivity index (χ1) is 10.9. The fourth-order valence-electron chi connectivity index (χ4n) is 3.04. The van der Waals surface area contributed by atoms with Crippen LogP contribution in [0.1, 0.15) is 53.3 Å². The first kappa shape index (κ1) is 17.5. The molecule has 7 heteroatoms. The van der Waals surface area contributed by atoms with Gasteiger partial charge in [0.2, 0.25) is 0 Å². The number of hydrogen-bond donors (Lipinski definition) is 1. The van der Waals surface area contributed by atoms with Crippen LogP contribution in [-0.2, 0) is 6.54 Å². The predicted octanol–water partition coefficient (Wildman–Crippen LogP) is 3.20. The third-order valence-electron chi connectivity index (χ3n) is 3.97. The third kappa shape index (κ3) is 3.75. The van der Waals surface area contributed by atoms with Crippen LogP contribution < -0.4 is 0 Å². The molecule has 1 aliphatic heterocycles. The van der Waals surface area contributed by atoms with Crippen LogP contribution in [0.3, 0.4) is 0 Å². The van der Waals surface area contributed by atoms with E-state index < -0.39 is 24.3 Å². The van der Waals surface area contributed by atoms with Gasteiger partial charge >= 0.3 is 6.18 Å². The Morgan fingerprint density at radius 1 is 1.39 bits per heavy atom. The molecule has 0 unspecified atom stereocenters. The van der Waals surface area contributed by atoms with E-state index >= 15 is 0 Å². The highest BCUT2D eigenvalue weighted by Gasteiger charge is 2.42. The number of aromatic nitrogens is 1. The Kier molecular flexibility index (Phi) is 5.47. The molecule has 0 radical (unpaired) electrons. The third-order valence-corrected chi connectivity index (χ3v) is 3.97. The number of Topliss-reactive ketones (excluding diaryl/α,β-unsaturated/α-hetero) is 1. The highest BCUT2D eigenvalue weighted by Crippen LogP contribution is 2.35. The number of carbonyl (C=O) groups excluding carboxylic acids is 1. The van der Waals surface area contributed by atoms with Crippen LogP contribution in [0.25, 0.3) is 0 Å². The highest BCUT2D eigenvalue weighted by atomic mass is 19.4. The van der Waals surface area contributed by atoms with E-state index in [0.29, 0.717) is 25.0 Å². The Morgan fingerprint density at radius 3 is 2.74 bits per heavy atom. The van der Waals surface area contributed by atoms with Crippen molar-refractivity contribution in [1.82, 2.24) is 4.57 Å². The van der Waals surface area contributed by atoms with Gasteiger partial charge in [0, 0.05) is 30.3 Å². The van der Waals surface area contributed by atoms with E-state index in [-0.39, 0.29) is 24.6 Å². The molecule has 126 valence electrons. The van der Waals surface area contributed by atoms with Crippen molar-refractivity contribution in [3.05, 3.63) is 23.0 Å². The fraction of sp³-hybridized carbons (Fsp3) is 0.562. The van der Waals surface area contributed by atoms with E-state index in [9.17, 15) is 27.5 Å². The molecule has 1 aromatic rings. The minimum atomic E-state index is -4.97. The number of carbonyl (C=O) groups is 1. The second-order valence-corrected chi connectivity index (χ2v) is 5.45. The van der Waals surface area contributed by atoms with Crippen LogP contribution in [-0.4, -0.2) is 34.9 Å². The molecule has 3 nitrogen and oxygen atoms in total. The van der Waals surface area contributed by atoms with E-state index in [0.717, 1.165) is 12.5 Å². The molecule has 0 spiro atoms. The average molecular weight is 331 g/mol. The van der Waals surface area contributed by atoms with Gasteiger partial charge < -0.3 is 9.67 Å². The topological polar surface area (TPSA) is 42.2 Å². The van der Waals surface area contributed by atoms with Crippen molar-refractivity contribution in [1.29, 1.82) is 0 Å². The second kappa shape index (κ2) is 7.18. The van der Waals surface area contributed by atoms with E-state index in [1.807, 2.05) is 0 Å². The molecule has 0 aromatic carbocycles. The first-order valence-corrected chi connectivity index (χ1v) is 7.40. The Morgan fingerprint density at radius 2 is 2.13 bits per heavy atom. The summed E-state index contributed by atoms with van der Waals surface area (Å²) in [5, 5.41) is 9.20. The van der Waals surface area contributed by atoms with Crippen molar-refractivity contribution >= 4 is 5.78 Å². The van der Waals surface area contributed by atoms with Crippen molar-refractivity contribution in [2.24, 2.45) is 0 Å². The summed E-state index contributed by atoms with van der Waals surface area (Å²) in [6.07, 6.45) is -2.50. The van der Waals surface area contributed by atoms with Gasteiger partial charge in [-0.15, -0.1) is 0 Å². The van der Waals surface area contributed by atoms with Crippen LogP contribution in [0.4, 0.5) is 17.6 Å². The van der Waals surface area contributed by atoms with Crippen molar-refractivity contribution in [2.75, 3.05) is 13.3 Å². The number of aliphatic hydroxyl groups is 1. The molecule has 1 atom stereocenters. The van der Waals surface area contributed by atoms with Gasteiger partial charge in [-0.2, -0.15) is 13.2 Å². The summed E-state index contributed by atoms with van der Waals surface area (Å²) < 4.78 is 52.1. The monoisotopic (exact) mass is 331 g/mol. The zero-order valence-electron chi connectivity index (χ0n) is 12.4. The lowest BCUT2D eigenvalue weighted by atomic mass is 9.94. The van der Waals surface area contributed by atoms with Gasteiger partial charge in [0.1, 0.15) is 0 Å². The molecule has 2 heterocycles. The van der Waals surface area contributed by atoms with Gasteiger partial charge in [-0.3, -0.25) is 4.79 Å². The van der Waals surface area contributed by atoms with Crippen LogP contribution in [0, 0.1) is 11.8 Å². The lowest BCUT2D eigenvalue weighted by molar-refractivity contribution is -0.0890. The molecule has 0 aliphatic carbocycles. The Hall–Kier alpha value is -1.81. The SMILES string of the molecule is O=C(c1cc(C#CCF)c2n1CCCC[C@@H]2CCO)C(F)(F)F. The molecule has 0 amide bonds. The molecule has 0 bridgehead atoms. The minimum Gasteiger partial charge on any atom is -0.396 e. The molecule has 1 aliphatic rings. The van der Waals surface area contributed by atoms with Crippen molar-refractivity contribution in [3.63, 3.8) is 0 Å². The zero-order chi connectivity index (χ0) is 17.0. The van der Waals surface area contributed by atoms with Crippen molar-refractivity contribution in [3.8, 4) is 11.8 Å². The van der Waals surface area contributed by atoms with E-state index in [2.05, 4.69) is 11.8 Å². The smallest absolute Gasteiger partial charge is 0.396 e. The number of ketones is 1. The summed E-state index contributed by atoms with van der Waals surface area (Å²) in [4.78, 5) is 11.7. The Labute approximate surface area is 131 Å². The summed E-state index contributed by atoms with van der Waals surface area (Å²) in [5.74, 6) is 2.61. The number of alkyl halides is 4. The molecular weight excluding hydrogens is 314 g/mol. The maximum absolute atomic E-state index is 12.8. The number of rotatable bonds is 3. The molecular formula is C16H17F4NO2. The fourth-order valence-corrected chi connectivity index (χ4v) is 3.04. The normalized spacial score (nSPS) is 17.9. The van der Waals surface area contributed by atoms with Crippen LogP contribution in [0.5, 0.6) is 0 Å². The molecule has 0 fully saturated rings. The van der Waals surface area contributed by atoms with Gasteiger partial charge in [-0.25, -0.2) is 4.39 Å². The summed E-state index contributed by atoms with van der Waals surface area (Å²) in [6.45, 7) is -0.752. The van der Waals surface area contributed by atoms with E-state index in [1.54, 1.807) is 0 Å². The number of halogens is 4. The molecule has 23 heavy (non-hydrogen) atoms. The van der Waals surface area contributed by atoms with Gasteiger partial charge in [0.25, 0.3) is 5.78 Å². The maximum Gasteiger partial charge on any atom is 0.456 e. The quantitative estimate of drug-likeness (QED) is 0.525. The van der Waals surface area contributed by atoms with Crippen LogP contribution in [0.15, 0.2) is 6.07 Å². The predicted molar refractivity (Wildman–Crippen MR) is 76.0 cm³/mol. The Balaban J connectivity index is 2.60. The summed E-state index contributed by atoms with van der Waals surface area (Å²) in [6, 6.07) is 1.10. The minimum absolute atomic E-state index is 0.117. The number of aliphatic hydroxyl groups excluding tert-OH is 1. The molecule has 1 N–H and O–H groups in total. The maximum atomic E-state index is 12.8. The average Bonchev–Trinajstić information content (AvgIpc) is 2.71. The van der Waals surface area contributed by atoms with Crippen molar-refractivity contribution < 1.29 is 27.5 Å². The molecule has 1 aromatic heterocycles. The van der Waals surface area contributed by atoms with E-state index in [4.69, 9.17) is 0 Å². The van der Waals surface area contributed by atoms with Crippen molar-refractivity contribution in [2.45, 2.75) is 44.3 Å². The van der Waals surface area contributed by atoms with Gasteiger partial charge in [-0.05, 0) is 25.3 Å². The number of nitrogens with zero attached hydrogens (tertiary/aromatic N) is 1. The van der Waals surface area contributed by atoms with Gasteiger partial charge in [0.05, 0.1) is 5.69 Å². The summed E-state index contributed by atoms with van der Waals surface area (Å²) >= 11 is 0. The summed E-state index contributed by atoms with van der Waals surface area (Å²) in [5.41, 5.74) is 0.293. The van der Waals surface area contributed by atoms with Gasteiger partial charge in [0.15, 0.2) is 6.67 Å². The highest BCUT2D eigenvalue weighted by molar-refractivity contribution is 5.99. The first-order valence-electron chi connectivity index (χ1n) is 7.40. The second-order valence-electron chi connectivity index (χ2n) is 5.45. The Bertz CT molecular complexity index is 637. The van der Waals surface area contributed by atoms with Crippen LogP contribution >= 0.6 is 0 Å². The standard InChI is InChI=1S/C16H17F4NO2/c17-7-3-5-12-10-13(15(23)16(18,19)20)21-8-2-1-4-11(6-9-22)14(12)21/h10-11,22H,1-2,4,6-9H2/t11-/m1/s1. The summed E-state index contributed by atoms with van der Waals surface area (Å²) in [7, 11) is 0. The number of fused-ring (bicyclic) bond motifs is 1. The van der Waals surface area contributed by atoms with E-state index in [1.165, 1.54) is 4.57 Å². The molecule has 0 saturated carbocycles. The number of hydrogen-bond acceptors (Lipinski definition) is 2. The van der Waals surface area contributed by atoms with Gasteiger partial charge in [-0.1, -0.05) is 18.3 Å². The lowest BCUT2D eigenvalue weighted by Crippen LogP contribution is -2.26. The largest absolute Gasteiger partial charge is 0.456 e. The zero-order valence-corrected chi connectivity index (χ0v) is 12.4. The molecule has 0 saturated heterocycles. The molecule has 2 rings (SSSR count). The lowest BCUT2D eigenvalue weighted by Gasteiger charge is -2.17.